The maximum Gasteiger partial charge on any atom is 1.00 e. The Morgan fingerprint density at radius 2 is 1.86 bits per heavy atom. The summed E-state index contributed by atoms with van der Waals surface area (Å²) in [5, 5.41) is 0. The van der Waals surface area contributed by atoms with Crippen LogP contribution in [0.1, 0.15) is 33.1 Å². The van der Waals surface area contributed by atoms with Crippen LogP contribution < -0.4 is 29.6 Å². The van der Waals surface area contributed by atoms with Crippen LogP contribution in [0.25, 0.3) is 0 Å². The van der Waals surface area contributed by atoms with Gasteiger partial charge in [0.2, 0.25) is 0 Å². The zero-order valence-electron chi connectivity index (χ0n) is 8.95. The normalized spacial score (nSPS) is 13.1. The van der Waals surface area contributed by atoms with Crippen molar-refractivity contribution in [3.05, 3.63) is 0 Å². The minimum atomic E-state index is -4.08. The van der Waals surface area contributed by atoms with Gasteiger partial charge >= 0.3 is 29.6 Å². The van der Waals surface area contributed by atoms with E-state index in [0.29, 0.717) is 19.3 Å². The third-order valence-electron chi connectivity index (χ3n) is 1.98. The van der Waals surface area contributed by atoms with Gasteiger partial charge in [0.05, 0.1) is 10.1 Å². The quantitative estimate of drug-likeness (QED) is 0.298. The van der Waals surface area contributed by atoms with Gasteiger partial charge in [0.1, 0.15) is 5.78 Å². The topological polar surface area (TPSA) is 74.3 Å². The summed E-state index contributed by atoms with van der Waals surface area (Å²) in [6, 6.07) is 0. The Morgan fingerprint density at radius 1 is 1.36 bits per heavy atom. The molecule has 0 aliphatic carbocycles. The Labute approximate surface area is 107 Å². The summed E-state index contributed by atoms with van der Waals surface area (Å²) in [5.41, 5.74) is 0. The number of rotatable bonds is 6. The van der Waals surface area contributed by atoms with E-state index in [1.54, 1.807) is 6.92 Å². The largest absolute Gasteiger partial charge is 1.00 e. The van der Waals surface area contributed by atoms with Crippen LogP contribution in [-0.2, 0) is 14.9 Å². The first-order chi connectivity index (χ1) is 5.83. The van der Waals surface area contributed by atoms with Crippen molar-refractivity contribution < 1.29 is 47.3 Å². The second-order valence-corrected chi connectivity index (χ2v) is 4.79. The van der Waals surface area contributed by atoms with Crippen molar-refractivity contribution in [2.24, 2.45) is 5.92 Å². The first kappa shape index (κ1) is 17.0. The average Bonchev–Trinajstić information content (AvgIpc) is 1.95. The number of hydrogen-bond donors (Lipinski definition) is 0. The van der Waals surface area contributed by atoms with E-state index < -0.39 is 10.1 Å². The predicted octanol–water partition coefficient (Wildman–Crippen LogP) is -2.07. The summed E-state index contributed by atoms with van der Waals surface area (Å²) in [7, 11) is -4.08. The van der Waals surface area contributed by atoms with Gasteiger partial charge in [-0.15, -0.1) is 0 Å². The van der Waals surface area contributed by atoms with Crippen LogP contribution in [0.15, 0.2) is 0 Å². The molecule has 0 N–H and O–H groups in total. The van der Waals surface area contributed by atoms with Gasteiger partial charge in [-0.25, -0.2) is 8.42 Å². The molecule has 0 fully saturated rings. The fraction of sp³-hybridized carbons (Fsp3) is 0.875. The molecule has 6 heteroatoms. The van der Waals surface area contributed by atoms with Gasteiger partial charge in [-0.2, -0.15) is 0 Å². The smallest absolute Gasteiger partial charge is 0.748 e. The van der Waals surface area contributed by atoms with E-state index in [2.05, 4.69) is 0 Å². The van der Waals surface area contributed by atoms with Gasteiger partial charge in [-0.05, 0) is 19.8 Å². The Morgan fingerprint density at radius 3 is 2.21 bits per heavy atom. The van der Waals surface area contributed by atoms with Crippen LogP contribution in [0.3, 0.4) is 0 Å². The minimum Gasteiger partial charge on any atom is -0.748 e. The number of carbonyl (C=O) groups excluding carboxylic acids is 1. The number of unbranched alkanes of at least 4 members (excludes halogenated alkanes) is 1. The van der Waals surface area contributed by atoms with Crippen LogP contribution in [0, 0.1) is 5.92 Å². The molecule has 0 saturated heterocycles. The van der Waals surface area contributed by atoms with E-state index in [9.17, 15) is 17.8 Å². The van der Waals surface area contributed by atoms with Crippen molar-refractivity contribution in [3.8, 4) is 0 Å². The van der Waals surface area contributed by atoms with Crippen molar-refractivity contribution in [1.29, 1.82) is 0 Å². The van der Waals surface area contributed by atoms with E-state index in [1.807, 2.05) is 0 Å². The molecular weight excluding hydrogens is 215 g/mol. The third kappa shape index (κ3) is 10.7. The van der Waals surface area contributed by atoms with E-state index >= 15 is 0 Å². The Balaban J connectivity index is 0. The van der Waals surface area contributed by atoms with Gasteiger partial charge in [-0.1, -0.05) is 13.3 Å². The zero-order chi connectivity index (χ0) is 10.5. The Bertz CT molecular complexity index is 261. The molecule has 0 radical (unpaired) electrons. The number of hydrogen-bond acceptors (Lipinski definition) is 4. The summed E-state index contributed by atoms with van der Waals surface area (Å²) < 4.78 is 30.6. The van der Waals surface area contributed by atoms with Gasteiger partial charge in [0, 0.05) is 11.7 Å². The van der Waals surface area contributed by atoms with Gasteiger partial charge < -0.3 is 4.55 Å². The summed E-state index contributed by atoms with van der Waals surface area (Å²) >= 11 is 0. The molecule has 0 aliphatic heterocycles. The monoisotopic (exact) mass is 230 g/mol. The van der Waals surface area contributed by atoms with Gasteiger partial charge in [0.15, 0.2) is 0 Å². The van der Waals surface area contributed by atoms with Gasteiger partial charge in [0.25, 0.3) is 0 Å². The van der Waals surface area contributed by atoms with Crippen molar-refractivity contribution in [2.75, 3.05) is 5.75 Å². The molecule has 1 unspecified atom stereocenters. The number of carbonyl (C=O) groups is 1. The minimum absolute atomic E-state index is 0. The fourth-order valence-corrected chi connectivity index (χ4v) is 1.49. The summed E-state index contributed by atoms with van der Waals surface area (Å²) in [4.78, 5) is 10.8. The van der Waals surface area contributed by atoms with E-state index in [0.717, 1.165) is 0 Å². The molecule has 0 heterocycles. The molecule has 1 atom stereocenters. The van der Waals surface area contributed by atoms with Crippen LogP contribution in [0.4, 0.5) is 0 Å². The second kappa shape index (κ2) is 7.82. The van der Waals surface area contributed by atoms with Crippen molar-refractivity contribution in [1.82, 2.24) is 0 Å². The number of Topliss-reactive ketones (excluding diaryl/α,β-unsaturated/α-hetero) is 1. The van der Waals surface area contributed by atoms with Crippen LogP contribution in [0.5, 0.6) is 0 Å². The Hall–Kier alpha value is 0.580. The maximum absolute atomic E-state index is 10.8. The van der Waals surface area contributed by atoms with E-state index in [-0.39, 0.29) is 47.0 Å². The second-order valence-electron chi connectivity index (χ2n) is 3.27. The van der Waals surface area contributed by atoms with Crippen molar-refractivity contribution >= 4 is 15.9 Å². The van der Waals surface area contributed by atoms with Gasteiger partial charge in [-0.3, -0.25) is 4.79 Å². The first-order valence-corrected chi connectivity index (χ1v) is 5.84. The molecule has 0 rings (SSSR count). The molecule has 0 aromatic rings. The standard InChI is InChI=1S/C8H16O4S.Na/c1-7(8(2)9)5-3-4-6-13(10,11)12;/h7H,3-6H2,1-2H3,(H,10,11,12);/q;+1/p-1. The van der Waals surface area contributed by atoms with Crippen LogP contribution >= 0.6 is 0 Å². The van der Waals surface area contributed by atoms with E-state index in [1.165, 1.54) is 6.92 Å². The predicted molar refractivity (Wildman–Crippen MR) is 48.3 cm³/mol. The maximum atomic E-state index is 10.8. The van der Waals surface area contributed by atoms with E-state index in [4.69, 9.17) is 0 Å². The van der Waals surface area contributed by atoms with Crippen molar-refractivity contribution in [3.63, 3.8) is 0 Å². The molecular formula is C8H15NaO4S. The molecule has 14 heavy (non-hydrogen) atoms. The Kier molecular flexibility index (Phi) is 9.49. The molecule has 0 aromatic heterocycles. The third-order valence-corrected chi connectivity index (χ3v) is 2.76. The van der Waals surface area contributed by atoms with Crippen LogP contribution in [0.2, 0.25) is 0 Å². The van der Waals surface area contributed by atoms with Crippen molar-refractivity contribution in [2.45, 2.75) is 33.1 Å². The molecule has 4 nitrogen and oxygen atoms in total. The molecule has 0 aromatic carbocycles. The fourth-order valence-electron chi connectivity index (χ4n) is 0.933. The molecule has 0 saturated carbocycles. The molecule has 0 spiro atoms. The summed E-state index contributed by atoms with van der Waals surface area (Å²) in [6.45, 7) is 3.31. The average molecular weight is 230 g/mol. The zero-order valence-corrected chi connectivity index (χ0v) is 11.8. The summed E-state index contributed by atoms with van der Waals surface area (Å²) in [5.74, 6) is -0.253. The molecule has 0 aliphatic rings. The summed E-state index contributed by atoms with van der Waals surface area (Å²) in [6.07, 6.45) is 1.62. The number of ketones is 1. The van der Waals surface area contributed by atoms with Crippen LogP contribution in [-0.4, -0.2) is 24.5 Å². The SMILES string of the molecule is CC(=O)C(C)CCCCS(=O)(=O)[O-].[Na+]. The first-order valence-electron chi connectivity index (χ1n) is 4.27. The molecule has 78 valence electrons. The molecule has 0 bridgehead atoms. The molecule has 0 amide bonds.